The number of imidazole rings is 1. The van der Waals surface area contributed by atoms with Crippen LogP contribution in [0.1, 0.15) is 29.9 Å². The molecule has 1 atom stereocenters. The van der Waals surface area contributed by atoms with E-state index in [1.165, 1.54) is 0 Å². The van der Waals surface area contributed by atoms with Crippen molar-refractivity contribution in [3.05, 3.63) is 42.7 Å². The zero-order valence-electron chi connectivity index (χ0n) is 17.3. The third-order valence-corrected chi connectivity index (χ3v) is 5.33. The van der Waals surface area contributed by atoms with E-state index >= 15 is 0 Å². The van der Waals surface area contributed by atoms with Crippen LogP contribution in [-0.2, 0) is 16.6 Å². The lowest BCUT2D eigenvalue weighted by atomic mass is 9.88. The van der Waals surface area contributed by atoms with Gasteiger partial charge in [0.25, 0.3) is 5.91 Å². The molecule has 0 bridgehead atoms. The number of pyridine rings is 1. The van der Waals surface area contributed by atoms with E-state index in [0.29, 0.717) is 25.5 Å². The molecule has 0 radical (unpaired) electrons. The molecule has 12 heteroatoms. The minimum Gasteiger partial charge on any atom is -0.486 e. The number of carboxylic acids is 1. The van der Waals surface area contributed by atoms with Gasteiger partial charge in [0.1, 0.15) is 11.9 Å². The van der Waals surface area contributed by atoms with E-state index in [1.54, 1.807) is 29.4 Å². The summed E-state index contributed by atoms with van der Waals surface area (Å²) in [6, 6.07) is 3.77. The Hall–Kier alpha value is -3.15. The average Bonchev–Trinajstić information content (AvgIpc) is 3.35. The van der Waals surface area contributed by atoms with Crippen molar-refractivity contribution in [3.8, 4) is 5.75 Å². The van der Waals surface area contributed by atoms with Gasteiger partial charge in [-0.15, -0.1) is 0 Å². The summed E-state index contributed by atoms with van der Waals surface area (Å²) in [5.74, 6) is -1.51. The van der Waals surface area contributed by atoms with Crippen LogP contribution in [0.2, 0.25) is 0 Å². The fourth-order valence-electron chi connectivity index (χ4n) is 3.67. The van der Waals surface area contributed by atoms with Gasteiger partial charge in [0.15, 0.2) is 5.82 Å². The van der Waals surface area contributed by atoms with E-state index in [2.05, 4.69) is 9.97 Å². The van der Waals surface area contributed by atoms with E-state index < -0.39 is 12.1 Å². The molecule has 2 aliphatic rings. The van der Waals surface area contributed by atoms with Crippen molar-refractivity contribution in [2.24, 2.45) is 7.05 Å². The highest BCUT2D eigenvalue weighted by atomic mass is 19.4. The number of piperidine rings is 1. The van der Waals surface area contributed by atoms with Crippen molar-refractivity contribution in [3.63, 3.8) is 0 Å². The van der Waals surface area contributed by atoms with Gasteiger partial charge in [-0.1, -0.05) is 0 Å². The molecule has 2 saturated heterocycles. The van der Waals surface area contributed by atoms with Crippen LogP contribution < -0.4 is 4.74 Å². The Morgan fingerprint density at radius 1 is 1.28 bits per heavy atom. The first-order valence-corrected chi connectivity index (χ1v) is 9.87. The second-order valence-electron chi connectivity index (χ2n) is 7.58. The molecule has 0 saturated carbocycles. The third-order valence-electron chi connectivity index (χ3n) is 5.33. The summed E-state index contributed by atoms with van der Waals surface area (Å²) in [5.41, 5.74) is -0.175. The lowest BCUT2D eigenvalue weighted by molar-refractivity contribution is -0.192. The number of hydrogen-bond acceptors (Lipinski definition) is 6. The molecule has 0 aromatic carbocycles. The van der Waals surface area contributed by atoms with Crippen molar-refractivity contribution in [1.29, 1.82) is 0 Å². The second-order valence-corrected chi connectivity index (χ2v) is 7.58. The summed E-state index contributed by atoms with van der Waals surface area (Å²) in [4.78, 5) is 31.6. The topological polar surface area (TPSA) is 107 Å². The molecule has 2 aromatic rings. The highest BCUT2D eigenvalue weighted by Crippen LogP contribution is 2.37. The summed E-state index contributed by atoms with van der Waals surface area (Å²) in [5, 5.41) is 7.12. The predicted octanol–water partition coefficient (Wildman–Crippen LogP) is 2.29. The largest absolute Gasteiger partial charge is 0.490 e. The molecule has 4 heterocycles. The maximum atomic E-state index is 12.6. The first-order valence-electron chi connectivity index (χ1n) is 9.87. The van der Waals surface area contributed by atoms with Crippen LogP contribution in [0.3, 0.4) is 0 Å². The van der Waals surface area contributed by atoms with E-state index in [-0.39, 0.29) is 17.6 Å². The number of aliphatic carboxylic acids is 1. The van der Waals surface area contributed by atoms with Crippen LogP contribution in [0.5, 0.6) is 5.75 Å². The Labute approximate surface area is 181 Å². The Morgan fingerprint density at radius 2 is 1.97 bits per heavy atom. The first-order chi connectivity index (χ1) is 15.1. The van der Waals surface area contributed by atoms with Gasteiger partial charge in [0.05, 0.1) is 18.4 Å². The molecule has 1 amide bonds. The number of carbonyl (C=O) groups excluding carboxylic acids is 1. The van der Waals surface area contributed by atoms with Crippen LogP contribution in [0.15, 0.2) is 36.9 Å². The van der Waals surface area contributed by atoms with Gasteiger partial charge < -0.3 is 24.0 Å². The normalized spacial score (nSPS) is 19.9. The average molecular weight is 456 g/mol. The number of amides is 1. The van der Waals surface area contributed by atoms with Crippen molar-refractivity contribution >= 4 is 11.9 Å². The lowest BCUT2D eigenvalue weighted by Crippen LogP contribution is -2.47. The Balaban J connectivity index is 0.000000360. The van der Waals surface area contributed by atoms with Crippen molar-refractivity contribution < 1.29 is 37.3 Å². The third kappa shape index (κ3) is 5.75. The van der Waals surface area contributed by atoms with Crippen LogP contribution in [0, 0.1) is 0 Å². The standard InChI is InChI=1S/C18H22N4O3.C2HF3O2/c1-21-10-7-20-16(21)17(23)22-8-4-18(5-9-22)11-15(13-24-18)25-14-3-2-6-19-12-14;3-2(4,5)1(6)7/h2-3,6-7,10,12,15H,4-5,8-9,11,13H2,1H3;(H,6,7). The summed E-state index contributed by atoms with van der Waals surface area (Å²) in [6.45, 7) is 1.96. The van der Waals surface area contributed by atoms with Crippen LogP contribution in [0.4, 0.5) is 13.2 Å². The van der Waals surface area contributed by atoms with Crippen molar-refractivity contribution in [2.75, 3.05) is 19.7 Å². The van der Waals surface area contributed by atoms with Gasteiger partial charge >= 0.3 is 12.1 Å². The molecule has 1 unspecified atom stereocenters. The van der Waals surface area contributed by atoms with E-state index in [9.17, 15) is 18.0 Å². The minimum absolute atomic E-state index is 0.0106. The van der Waals surface area contributed by atoms with E-state index in [4.69, 9.17) is 19.4 Å². The Bertz CT molecular complexity index is 927. The smallest absolute Gasteiger partial charge is 0.486 e. The van der Waals surface area contributed by atoms with Gasteiger partial charge in [0, 0.05) is 45.1 Å². The van der Waals surface area contributed by atoms with Crippen molar-refractivity contribution in [2.45, 2.75) is 37.1 Å². The summed E-state index contributed by atoms with van der Waals surface area (Å²) in [7, 11) is 1.84. The number of rotatable bonds is 3. The minimum atomic E-state index is -5.08. The number of carboxylic acid groups (broad SMARTS) is 1. The number of likely N-dealkylation sites (tertiary alicyclic amines) is 1. The van der Waals surface area contributed by atoms with Crippen molar-refractivity contribution in [1.82, 2.24) is 19.4 Å². The molecule has 1 N–H and O–H groups in total. The zero-order chi connectivity index (χ0) is 23.4. The van der Waals surface area contributed by atoms with E-state index in [0.717, 1.165) is 25.0 Å². The molecule has 32 heavy (non-hydrogen) atoms. The van der Waals surface area contributed by atoms with Gasteiger partial charge in [-0.05, 0) is 25.0 Å². The highest BCUT2D eigenvalue weighted by Gasteiger charge is 2.44. The molecule has 174 valence electrons. The monoisotopic (exact) mass is 456 g/mol. The van der Waals surface area contributed by atoms with Gasteiger partial charge in [-0.3, -0.25) is 9.78 Å². The molecular weight excluding hydrogens is 433 g/mol. The number of aryl methyl sites for hydroxylation is 1. The number of hydrogen-bond donors (Lipinski definition) is 1. The van der Waals surface area contributed by atoms with E-state index in [1.807, 2.05) is 24.1 Å². The fourth-order valence-corrected chi connectivity index (χ4v) is 3.67. The number of aromatic nitrogens is 3. The highest BCUT2D eigenvalue weighted by molar-refractivity contribution is 5.90. The molecule has 9 nitrogen and oxygen atoms in total. The van der Waals surface area contributed by atoms with Crippen LogP contribution >= 0.6 is 0 Å². The molecule has 1 spiro atoms. The maximum absolute atomic E-state index is 12.6. The molecule has 0 aliphatic carbocycles. The number of ether oxygens (including phenoxy) is 2. The molecule has 2 aliphatic heterocycles. The lowest BCUT2D eigenvalue weighted by Gasteiger charge is -2.38. The molecular formula is C20H23F3N4O5. The number of alkyl halides is 3. The molecule has 2 fully saturated rings. The molecule has 2 aromatic heterocycles. The second kappa shape index (κ2) is 9.55. The Morgan fingerprint density at radius 3 is 2.50 bits per heavy atom. The SMILES string of the molecule is Cn1ccnc1C(=O)N1CCC2(CC1)CC(Oc1cccnc1)CO2.O=C(O)C(F)(F)F. The number of nitrogens with zero attached hydrogens (tertiary/aromatic N) is 4. The first kappa shape index (κ1) is 23.5. The predicted molar refractivity (Wildman–Crippen MR) is 104 cm³/mol. The summed E-state index contributed by atoms with van der Waals surface area (Å²) in [6.07, 6.45) is 4.37. The maximum Gasteiger partial charge on any atom is 0.490 e. The van der Waals surface area contributed by atoms with Gasteiger partial charge in [-0.25, -0.2) is 9.78 Å². The summed E-state index contributed by atoms with van der Waals surface area (Å²) < 4.78 is 45.6. The van der Waals surface area contributed by atoms with Crippen LogP contribution in [-0.4, -0.2) is 74.0 Å². The summed E-state index contributed by atoms with van der Waals surface area (Å²) >= 11 is 0. The van der Waals surface area contributed by atoms with Gasteiger partial charge in [-0.2, -0.15) is 13.2 Å². The van der Waals surface area contributed by atoms with Crippen LogP contribution in [0.25, 0.3) is 0 Å². The Kier molecular flexibility index (Phi) is 7.02. The fraction of sp³-hybridized carbons (Fsp3) is 0.500. The molecule has 4 rings (SSSR count). The zero-order valence-corrected chi connectivity index (χ0v) is 17.3. The quantitative estimate of drug-likeness (QED) is 0.755. The number of halogens is 3. The van der Waals surface area contributed by atoms with Gasteiger partial charge in [0.2, 0.25) is 0 Å². The number of carbonyl (C=O) groups is 2.